The van der Waals surface area contributed by atoms with E-state index >= 15 is 0 Å². The Morgan fingerprint density at radius 3 is 2.00 bits per heavy atom. The number of nitrogens with zero attached hydrogens (tertiary/aromatic N) is 1. The van der Waals surface area contributed by atoms with Gasteiger partial charge in [-0.05, 0) is 0 Å². The van der Waals surface area contributed by atoms with Gasteiger partial charge < -0.3 is 9.90 Å². The van der Waals surface area contributed by atoms with Crippen LogP contribution in [0.4, 0.5) is 0 Å². The molecule has 0 saturated heterocycles. The third-order valence-corrected chi connectivity index (χ3v) is 1.60. The molecule has 16 heavy (non-hydrogen) atoms. The molecule has 0 aliphatic rings. The van der Waals surface area contributed by atoms with Crippen LogP contribution in [0.3, 0.4) is 0 Å². The molecule has 0 heterocycles. The number of rotatable bonds is 5. The van der Waals surface area contributed by atoms with Crippen LogP contribution in [0.5, 0.6) is 0 Å². The minimum atomic E-state index is -4.01. The summed E-state index contributed by atoms with van der Waals surface area (Å²) in [5.74, 6) is 3.91. The van der Waals surface area contributed by atoms with E-state index in [-0.39, 0.29) is 0 Å². The minimum absolute atomic E-state index is 0.474. The van der Waals surface area contributed by atoms with Crippen LogP contribution in [0.25, 0.3) is 0 Å². The van der Waals surface area contributed by atoms with Gasteiger partial charge in [-0.1, -0.05) is 0 Å². The van der Waals surface area contributed by atoms with Crippen LogP contribution in [0.2, 0.25) is 0 Å². The molecule has 0 amide bonds. The van der Waals surface area contributed by atoms with Crippen LogP contribution < -0.4 is 10.9 Å². The van der Waals surface area contributed by atoms with Crippen molar-refractivity contribution >= 4 is 16.4 Å². The molecule has 0 saturated carbocycles. The van der Waals surface area contributed by atoms with Crippen molar-refractivity contribution < 1.29 is 31.3 Å². The van der Waals surface area contributed by atoms with Crippen LogP contribution in [0.15, 0.2) is 0 Å². The fourth-order valence-electron chi connectivity index (χ4n) is 0.275. The molecule has 0 aliphatic heterocycles. The molecule has 2 N–H and O–H groups in total. The molecular formula is C7H18N2O6S. The highest BCUT2D eigenvalue weighted by atomic mass is 32.3. The molecule has 0 aliphatic carbocycles. The van der Waals surface area contributed by atoms with E-state index < -0.39 is 29.4 Å². The zero-order valence-corrected chi connectivity index (χ0v) is 10.6. The lowest BCUT2D eigenvalue weighted by atomic mass is 10.5. The maximum Gasteiger partial charge on any atom is 0.399 e. The molecule has 8 nitrogen and oxygen atoms in total. The van der Waals surface area contributed by atoms with E-state index in [9.17, 15) is 18.3 Å². The summed E-state index contributed by atoms with van der Waals surface area (Å²) in [5.41, 5.74) is 0. The van der Waals surface area contributed by atoms with Crippen molar-refractivity contribution in [1.29, 1.82) is 0 Å². The molecular weight excluding hydrogens is 240 g/mol. The smallest absolute Gasteiger partial charge is 0.399 e. The zero-order valence-electron chi connectivity index (χ0n) is 9.80. The average molecular weight is 258 g/mol. The van der Waals surface area contributed by atoms with E-state index in [4.69, 9.17) is 5.84 Å². The van der Waals surface area contributed by atoms with Crippen molar-refractivity contribution in [1.82, 2.24) is 0 Å². The maximum absolute atomic E-state index is 10.3. The van der Waals surface area contributed by atoms with Crippen molar-refractivity contribution in [3.05, 3.63) is 0 Å². The first kappa shape index (κ1) is 17.6. The fraction of sp³-hybridized carbons (Fsp3) is 0.857. The Balaban J connectivity index is 0. The summed E-state index contributed by atoms with van der Waals surface area (Å²) in [4.78, 5) is 9.75. The van der Waals surface area contributed by atoms with Crippen molar-refractivity contribution in [2.24, 2.45) is 5.84 Å². The summed E-state index contributed by atoms with van der Waals surface area (Å²) in [6.07, 6.45) is -0.484. The number of aliphatic carboxylic acids is 1. The summed E-state index contributed by atoms with van der Waals surface area (Å²) in [6, 6.07) is 0. The first-order valence-corrected chi connectivity index (χ1v) is 5.56. The van der Waals surface area contributed by atoms with Gasteiger partial charge in [0.2, 0.25) is 0 Å². The monoisotopic (exact) mass is 258 g/mol. The summed E-state index contributed by atoms with van der Waals surface area (Å²) >= 11 is 0. The third kappa shape index (κ3) is 23.2. The normalized spacial score (nSPS) is 11.6. The number of nitrogens with two attached hydrogens (primary N) is 1. The van der Waals surface area contributed by atoms with Gasteiger partial charge in [0.15, 0.2) is 0 Å². The number of hydrogen-bond acceptors (Lipinski definition) is 7. The Bertz CT molecular complexity index is 288. The molecule has 0 radical (unpaired) electrons. The van der Waals surface area contributed by atoms with E-state index in [0.29, 0.717) is 4.59 Å². The van der Waals surface area contributed by atoms with E-state index in [1.54, 1.807) is 0 Å². The van der Waals surface area contributed by atoms with Crippen molar-refractivity contribution in [2.45, 2.75) is 6.42 Å². The van der Waals surface area contributed by atoms with E-state index in [0.717, 1.165) is 7.11 Å². The Kier molecular flexibility index (Phi) is 8.29. The highest BCUT2D eigenvalue weighted by Gasteiger charge is 2.07. The molecule has 0 bridgehead atoms. The zero-order chi connectivity index (χ0) is 13.4. The first-order valence-electron chi connectivity index (χ1n) is 4.23. The second-order valence-corrected chi connectivity index (χ2v) is 5.02. The van der Waals surface area contributed by atoms with Crippen LogP contribution in [-0.2, 0) is 23.6 Å². The van der Waals surface area contributed by atoms with Crippen LogP contribution in [-0.4, -0.2) is 53.8 Å². The fourth-order valence-corrected chi connectivity index (χ4v) is 0.659. The van der Waals surface area contributed by atoms with Crippen molar-refractivity contribution in [3.63, 3.8) is 0 Å². The third-order valence-electron chi connectivity index (χ3n) is 0.738. The molecule has 0 spiro atoms. The Morgan fingerprint density at radius 1 is 1.38 bits per heavy atom. The van der Waals surface area contributed by atoms with Gasteiger partial charge in [-0.3, -0.25) is 8.78 Å². The van der Waals surface area contributed by atoms with E-state index in [2.05, 4.69) is 8.37 Å². The SMILES string of the molecule is COS(=O)(=O)OCCC(=O)[O-].C[N+](C)(C)N. The van der Waals surface area contributed by atoms with Gasteiger partial charge in [0.1, 0.15) is 0 Å². The lowest BCUT2D eigenvalue weighted by Crippen LogP contribution is -2.41. The maximum atomic E-state index is 10.3. The number of carboxylic acid groups (broad SMARTS) is 1. The van der Waals surface area contributed by atoms with Gasteiger partial charge in [-0.15, -0.1) is 0 Å². The molecule has 9 heteroatoms. The molecule has 0 atom stereocenters. The molecule has 0 unspecified atom stereocenters. The minimum Gasteiger partial charge on any atom is -0.550 e. The lowest BCUT2D eigenvalue weighted by molar-refractivity contribution is -0.882. The van der Waals surface area contributed by atoms with Crippen LogP contribution in [0.1, 0.15) is 6.42 Å². The standard InChI is InChI=1S/C4H8O6S.C3H11N2/c1-9-11(7,8)10-3-2-4(5)6;1-5(2,3)4/h2-3H2,1H3,(H,5,6);4H2,1-3H3/q;+1/p-1. The molecule has 0 aromatic heterocycles. The molecule has 0 fully saturated rings. The van der Waals surface area contributed by atoms with E-state index in [1.165, 1.54) is 0 Å². The summed E-state index contributed by atoms with van der Waals surface area (Å²) < 4.78 is 29.0. The number of quaternary nitrogens is 1. The Hall–Kier alpha value is -0.740. The second kappa shape index (κ2) is 7.52. The number of carbonyl (C=O) groups excluding carboxylic acids is 1. The van der Waals surface area contributed by atoms with Gasteiger partial charge in [-0.25, -0.2) is 4.18 Å². The summed E-state index contributed by atoms with van der Waals surface area (Å²) in [5, 5.41) is 9.75. The molecule has 0 aromatic rings. The van der Waals surface area contributed by atoms with Crippen molar-refractivity contribution in [2.75, 3.05) is 34.9 Å². The van der Waals surface area contributed by atoms with Gasteiger partial charge in [-0.2, -0.15) is 14.3 Å². The molecule has 0 aromatic carbocycles. The van der Waals surface area contributed by atoms with E-state index in [1.807, 2.05) is 21.1 Å². The summed E-state index contributed by atoms with van der Waals surface area (Å²) in [6.45, 7) is -0.474. The van der Waals surface area contributed by atoms with Crippen LogP contribution in [0, 0.1) is 0 Å². The average Bonchev–Trinajstić information content (AvgIpc) is 2.00. The number of hydrogen-bond donors (Lipinski definition) is 1. The highest BCUT2D eigenvalue weighted by molar-refractivity contribution is 7.81. The second-order valence-electron chi connectivity index (χ2n) is 3.64. The number of carboxylic acids is 1. The Labute approximate surface area is 95.4 Å². The van der Waals surface area contributed by atoms with Gasteiger partial charge in [0, 0.05) is 12.4 Å². The van der Waals surface area contributed by atoms with Gasteiger partial charge in [0.25, 0.3) is 0 Å². The Morgan fingerprint density at radius 2 is 1.75 bits per heavy atom. The van der Waals surface area contributed by atoms with Crippen LogP contribution >= 0.6 is 0 Å². The highest BCUT2D eigenvalue weighted by Crippen LogP contribution is 1.93. The quantitative estimate of drug-likeness (QED) is 0.331. The molecule has 0 rings (SSSR count). The lowest BCUT2D eigenvalue weighted by Gasteiger charge is -2.12. The molecule has 98 valence electrons. The predicted molar refractivity (Wildman–Crippen MR) is 53.7 cm³/mol. The first-order chi connectivity index (χ1) is 6.98. The number of carbonyl (C=O) groups is 1. The van der Waals surface area contributed by atoms with Gasteiger partial charge >= 0.3 is 10.4 Å². The predicted octanol–water partition coefficient (Wildman–Crippen LogP) is -2.40. The van der Waals surface area contributed by atoms with Crippen molar-refractivity contribution in [3.8, 4) is 0 Å². The largest absolute Gasteiger partial charge is 0.550 e. The topological polar surface area (TPSA) is 119 Å². The summed E-state index contributed by atoms with van der Waals surface area (Å²) in [7, 11) is 2.61. The van der Waals surface area contributed by atoms with Gasteiger partial charge in [0.05, 0.1) is 34.9 Å².